The van der Waals surface area contributed by atoms with Gasteiger partial charge in [0.25, 0.3) is 5.91 Å². The van der Waals surface area contributed by atoms with Crippen molar-refractivity contribution in [1.29, 1.82) is 0 Å². The second-order valence-corrected chi connectivity index (χ2v) is 6.54. The maximum Gasteiger partial charge on any atom is 0.252 e. The molecule has 0 bridgehead atoms. The van der Waals surface area contributed by atoms with E-state index in [1.807, 2.05) is 35.7 Å². The number of hydrogen-bond donors (Lipinski definition) is 1. The number of hydrogen-bond acceptors (Lipinski definition) is 4. The number of rotatable bonds is 5. The predicted molar refractivity (Wildman–Crippen MR) is 91.5 cm³/mol. The van der Waals surface area contributed by atoms with E-state index >= 15 is 0 Å². The van der Waals surface area contributed by atoms with Gasteiger partial charge in [0.15, 0.2) is 0 Å². The van der Waals surface area contributed by atoms with Crippen LogP contribution in [0.5, 0.6) is 0 Å². The van der Waals surface area contributed by atoms with E-state index in [9.17, 15) is 4.79 Å². The minimum atomic E-state index is -0.476. The van der Waals surface area contributed by atoms with Gasteiger partial charge in [-0.3, -0.25) is 9.48 Å². The van der Waals surface area contributed by atoms with Crippen molar-refractivity contribution in [2.75, 3.05) is 0 Å². The van der Waals surface area contributed by atoms with Crippen LogP contribution in [0.4, 0.5) is 0 Å². The molecule has 0 aliphatic rings. The minimum absolute atomic E-state index is 0.410. The van der Waals surface area contributed by atoms with Crippen molar-refractivity contribution in [3.8, 4) is 11.3 Å². The summed E-state index contributed by atoms with van der Waals surface area (Å²) in [5.41, 5.74) is 8.35. The van der Waals surface area contributed by atoms with Gasteiger partial charge in [0.05, 0.1) is 22.8 Å². The molecule has 0 atom stereocenters. The van der Waals surface area contributed by atoms with Crippen molar-refractivity contribution in [2.24, 2.45) is 5.73 Å². The number of nitrogens with two attached hydrogens (primary N) is 1. The van der Waals surface area contributed by atoms with Gasteiger partial charge < -0.3 is 5.73 Å². The molecule has 0 saturated carbocycles. The van der Waals surface area contributed by atoms with E-state index in [1.165, 1.54) is 0 Å². The fourth-order valence-electron chi connectivity index (χ4n) is 2.32. The van der Waals surface area contributed by atoms with E-state index in [0.29, 0.717) is 23.7 Å². The average molecular weight is 326 g/mol. The largest absolute Gasteiger partial charge is 0.365 e. The molecule has 0 spiro atoms. The Labute approximate surface area is 138 Å². The zero-order valence-electron chi connectivity index (χ0n) is 13.1. The molecular weight excluding hydrogens is 308 g/mol. The molecule has 0 aliphatic carbocycles. The molecule has 0 unspecified atom stereocenters. The standard InChI is InChI=1S/C17H18N4OS/c1-11(2)17-19-13(10-23-17)8-21-9-14(16(18)22)15(20-21)12-6-4-3-5-7-12/h3-7,9-11H,8H2,1-2H3,(H2,18,22). The van der Waals surface area contributed by atoms with Crippen LogP contribution in [-0.2, 0) is 6.54 Å². The molecule has 1 aromatic carbocycles. The zero-order chi connectivity index (χ0) is 16.4. The highest BCUT2D eigenvalue weighted by Crippen LogP contribution is 2.23. The first-order valence-corrected chi connectivity index (χ1v) is 8.29. The van der Waals surface area contributed by atoms with Crippen molar-refractivity contribution < 1.29 is 4.79 Å². The lowest BCUT2D eigenvalue weighted by Gasteiger charge is -1.99. The third-order valence-electron chi connectivity index (χ3n) is 3.46. The van der Waals surface area contributed by atoms with Crippen LogP contribution in [0.25, 0.3) is 11.3 Å². The highest BCUT2D eigenvalue weighted by molar-refractivity contribution is 7.09. The molecule has 3 rings (SSSR count). The summed E-state index contributed by atoms with van der Waals surface area (Å²) < 4.78 is 1.72. The second-order valence-electron chi connectivity index (χ2n) is 5.65. The summed E-state index contributed by atoms with van der Waals surface area (Å²) in [4.78, 5) is 16.3. The van der Waals surface area contributed by atoms with E-state index in [-0.39, 0.29) is 0 Å². The number of aromatic nitrogens is 3. The van der Waals surface area contributed by atoms with Crippen molar-refractivity contribution in [3.63, 3.8) is 0 Å². The van der Waals surface area contributed by atoms with Crippen molar-refractivity contribution >= 4 is 17.2 Å². The molecule has 2 heterocycles. The van der Waals surface area contributed by atoms with Crippen LogP contribution in [0.1, 0.15) is 40.8 Å². The van der Waals surface area contributed by atoms with Crippen molar-refractivity contribution in [3.05, 3.63) is 58.2 Å². The summed E-state index contributed by atoms with van der Waals surface area (Å²) in [6, 6.07) is 9.58. The molecule has 5 nitrogen and oxygen atoms in total. The third kappa shape index (κ3) is 3.32. The lowest BCUT2D eigenvalue weighted by atomic mass is 10.1. The number of primary amides is 1. The second kappa shape index (κ2) is 6.34. The van der Waals surface area contributed by atoms with E-state index in [1.54, 1.807) is 22.2 Å². The Morgan fingerprint density at radius 3 is 2.65 bits per heavy atom. The quantitative estimate of drug-likeness (QED) is 0.782. The summed E-state index contributed by atoms with van der Waals surface area (Å²) in [5, 5.41) is 7.66. The van der Waals surface area contributed by atoms with Gasteiger partial charge in [0.1, 0.15) is 5.69 Å². The molecule has 2 N–H and O–H groups in total. The van der Waals surface area contributed by atoms with Crippen LogP contribution < -0.4 is 5.73 Å². The molecule has 0 radical (unpaired) electrons. The van der Waals surface area contributed by atoms with Gasteiger partial charge in [-0.1, -0.05) is 44.2 Å². The maximum atomic E-state index is 11.7. The Morgan fingerprint density at radius 1 is 1.30 bits per heavy atom. The molecule has 118 valence electrons. The normalized spacial score (nSPS) is 11.1. The van der Waals surface area contributed by atoms with Gasteiger partial charge in [0.2, 0.25) is 0 Å². The van der Waals surface area contributed by atoms with Crippen molar-refractivity contribution in [1.82, 2.24) is 14.8 Å². The Morgan fingerprint density at radius 2 is 2.04 bits per heavy atom. The topological polar surface area (TPSA) is 73.8 Å². The first-order valence-electron chi connectivity index (χ1n) is 7.41. The molecule has 6 heteroatoms. The smallest absolute Gasteiger partial charge is 0.252 e. The molecule has 23 heavy (non-hydrogen) atoms. The number of benzene rings is 1. The fraction of sp³-hybridized carbons (Fsp3) is 0.235. The molecule has 3 aromatic rings. The van der Waals surface area contributed by atoms with Crippen LogP contribution in [-0.4, -0.2) is 20.7 Å². The summed E-state index contributed by atoms with van der Waals surface area (Å²) in [6.07, 6.45) is 1.69. The molecule has 2 aromatic heterocycles. The number of carbonyl (C=O) groups excluding carboxylic acids is 1. The summed E-state index contributed by atoms with van der Waals surface area (Å²) in [7, 11) is 0. The SMILES string of the molecule is CC(C)c1nc(Cn2cc(C(N)=O)c(-c3ccccc3)n2)cs1. The van der Waals surface area contributed by atoms with Crippen LogP contribution in [0.15, 0.2) is 41.9 Å². The third-order valence-corrected chi connectivity index (χ3v) is 4.66. The van der Waals surface area contributed by atoms with E-state index in [2.05, 4.69) is 23.9 Å². The molecule has 0 aliphatic heterocycles. The fourth-order valence-corrected chi connectivity index (χ4v) is 3.14. The van der Waals surface area contributed by atoms with Gasteiger partial charge >= 0.3 is 0 Å². The summed E-state index contributed by atoms with van der Waals surface area (Å²) in [6.45, 7) is 4.76. The first-order chi connectivity index (χ1) is 11.0. The van der Waals surface area contributed by atoms with Crippen LogP contribution in [0.3, 0.4) is 0 Å². The lowest BCUT2D eigenvalue weighted by Crippen LogP contribution is -2.11. The number of thiazole rings is 1. The predicted octanol–water partition coefficient (Wildman–Crippen LogP) is 3.28. The Balaban J connectivity index is 1.93. The van der Waals surface area contributed by atoms with E-state index in [4.69, 9.17) is 5.73 Å². The summed E-state index contributed by atoms with van der Waals surface area (Å²) in [5.74, 6) is -0.0660. The minimum Gasteiger partial charge on any atom is -0.365 e. The van der Waals surface area contributed by atoms with E-state index < -0.39 is 5.91 Å². The Hall–Kier alpha value is -2.47. The molecule has 1 amide bonds. The van der Waals surface area contributed by atoms with Gasteiger partial charge in [-0.2, -0.15) is 5.10 Å². The van der Waals surface area contributed by atoms with Crippen LogP contribution in [0, 0.1) is 0 Å². The molecule has 0 saturated heterocycles. The van der Waals surface area contributed by atoms with Gasteiger partial charge in [-0.15, -0.1) is 11.3 Å². The van der Waals surface area contributed by atoms with E-state index in [0.717, 1.165) is 16.3 Å². The molecular formula is C17H18N4OS. The Bertz CT molecular complexity index is 820. The number of amides is 1. The molecule has 0 fully saturated rings. The average Bonchev–Trinajstić information content (AvgIpc) is 3.16. The highest BCUT2D eigenvalue weighted by Gasteiger charge is 2.16. The summed E-state index contributed by atoms with van der Waals surface area (Å²) >= 11 is 1.65. The van der Waals surface area contributed by atoms with Gasteiger partial charge in [-0.25, -0.2) is 4.98 Å². The van der Waals surface area contributed by atoms with Crippen LogP contribution >= 0.6 is 11.3 Å². The number of nitrogens with zero attached hydrogens (tertiary/aromatic N) is 3. The maximum absolute atomic E-state index is 11.7. The Kier molecular flexibility index (Phi) is 4.25. The zero-order valence-corrected chi connectivity index (χ0v) is 13.9. The number of carbonyl (C=O) groups is 1. The first kappa shape index (κ1) is 15.4. The lowest BCUT2D eigenvalue weighted by molar-refractivity contribution is 0.100. The highest BCUT2D eigenvalue weighted by atomic mass is 32.1. The van der Waals surface area contributed by atoms with Crippen molar-refractivity contribution in [2.45, 2.75) is 26.3 Å². The van der Waals surface area contributed by atoms with Crippen LogP contribution in [0.2, 0.25) is 0 Å². The van der Waals surface area contributed by atoms with Gasteiger partial charge in [0, 0.05) is 23.1 Å². The monoisotopic (exact) mass is 326 g/mol. The van der Waals surface area contributed by atoms with Gasteiger partial charge in [-0.05, 0) is 0 Å².